The second-order valence-electron chi connectivity index (χ2n) is 4.07. The summed E-state index contributed by atoms with van der Waals surface area (Å²) in [6.45, 7) is 0. The number of nitrogen functional groups attached to an aromatic ring is 1. The van der Waals surface area contributed by atoms with Gasteiger partial charge < -0.3 is 10.5 Å². The van der Waals surface area contributed by atoms with Crippen LogP contribution in [0.5, 0.6) is 0 Å². The molecule has 17 heavy (non-hydrogen) atoms. The predicted molar refractivity (Wildman–Crippen MR) is 63.7 cm³/mol. The number of hydrogen-bond acceptors (Lipinski definition) is 5. The van der Waals surface area contributed by atoms with Crippen molar-refractivity contribution in [1.29, 1.82) is 0 Å². The number of halogens is 1. The summed E-state index contributed by atoms with van der Waals surface area (Å²) in [5.41, 5.74) is 7.92. The highest BCUT2D eigenvalue weighted by molar-refractivity contribution is 6.18. The van der Waals surface area contributed by atoms with Crippen LogP contribution >= 0.6 is 11.6 Å². The number of nitrogens with one attached hydrogen (secondary N) is 1. The van der Waals surface area contributed by atoms with Crippen molar-refractivity contribution in [2.75, 3.05) is 11.6 Å². The van der Waals surface area contributed by atoms with E-state index in [-0.39, 0.29) is 12.2 Å². The number of nitrogens with zero attached hydrogens (tertiary/aromatic N) is 3. The monoisotopic (exact) mass is 253 g/mol. The third kappa shape index (κ3) is 1.73. The average Bonchev–Trinajstić information content (AvgIpc) is 2.94. The number of fused-ring (bicyclic) bond motifs is 1. The summed E-state index contributed by atoms with van der Waals surface area (Å²) >= 11 is 5.78. The summed E-state index contributed by atoms with van der Waals surface area (Å²) < 4.78 is 5.80. The van der Waals surface area contributed by atoms with Crippen molar-refractivity contribution in [3.8, 4) is 0 Å². The first-order valence-corrected chi connectivity index (χ1v) is 5.99. The van der Waals surface area contributed by atoms with Gasteiger partial charge in [-0.05, 0) is 12.8 Å². The molecule has 3 heterocycles. The van der Waals surface area contributed by atoms with Crippen LogP contribution in [-0.2, 0) is 4.74 Å². The van der Waals surface area contributed by atoms with E-state index in [0.717, 1.165) is 24.1 Å². The third-order valence-corrected chi connectivity index (χ3v) is 3.34. The quantitative estimate of drug-likeness (QED) is 0.790. The minimum Gasteiger partial charge on any atom is -0.382 e. The van der Waals surface area contributed by atoms with Gasteiger partial charge in [0.1, 0.15) is 17.9 Å². The van der Waals surface area contributed by atoms with E-state index >= 15 is 0 Å². The van der Waals surface area contributed by atoms with Crippen molar-refractivity contribution < 1.29 is 4.74 Å². The topological polar surface area (TPSA) is 89.7 Å². The summed E-state index contributed by atoms with van der Waals surface area (Å²) in [7, 11) is 0. The summed E-state index contributed by atoms with van der Waals surface area (Å²) in [5, 5.41) is 7.07. The van der Waals surface area contributed by atoms with Gasteiger partial charge in [0, 0.05) is 5.88 Å². The van der Waals surface area contributed by atoms with E-state index in [2.05, 4.69) is 20.2 Å². The lowest BCUT2D eigenvalue weighted by Gasteiger charge is -2.09. The highest BCUT2D eigenvalue weighted by atomic mass is 35.5. The first kappa shape index (κ1) is 10.7. The summed E-state index contributed by atoms with van der Waals surface area (Å²) in [4.78, 5) is 8.10. The van der Waals surface area contributed by atoms with Crippen LogP contribution in [0.25, 0.3) is 11.0 Å². The molecular weight excluding hydrogens is 242 g/mol. The van der Waals surface area contributed by atoms with E-state index in [0.29, 0.717) is 17.2 Å². The Balaban J connectivity index is 1.99. The second kappa shape index (κ2) is 4.12. The summed E-state index contributed by atoms with van der Waals surface area (Å²) in [6, 6.07) is 0. The van der Waals surface area contributed by atoms with Crippen LogP contribution in [0, 0.1) is 0 Å². The van der Waals surface area contributed by atoms with Gasteiger partial charge in [0.25, 0.3) is 0 Å². The molecule has 2 aromatic heterocycles. The molecule has 0 saturated carbocycles. The lowest BCUT2D eigenvalue weighted by atomic mass is 10.1. The molecule has 1 fully saturated rings. The molecule has 1 saturated heterocycles. The lowest BCUT2D eigenvalue weighted by molar-refractivity contribution is 0.0556. The zero-order valence-electron chi connectivity index (χ0n) is 9.06. The maximum Gasteiger partial charge on any atom is 0.155 e. The molecule has 0 unspecified atom stereocenters. The van der Waals surface area contributed by atoms with Crippen LogP contribution in [0.4, 0.5) is 5.82 Å². The number of hydrogen-bond donors (Lipinski definition) is 2. The van der Waals surface area contributed by atoms with Crippen molar-refractivity contribution in [3.05, 3.63) is 12.0 Å². The molecular formula is C10H12ClN5O. The van der Waals surface area contributed by atoms with Crippen LogP contribution in [0.15, 0.2) is 6.33 Å². The highest BCUT2D eigenvalue weighted by Crippen LogP contribution is 2.35. The molecule has 90 valence electrons. The second-order valence-corrected chi connectivity index (χ2v) is 4.38. The molecule has 3 N–H and O–H groups in total. The number of rotatable bonds is 2. The maximum absolute atomic E-state index is 5.80. The number of aromatic amines is 1. The van der Waals surface area contributed by atoms with Gasteiger partial charge in [0.05, 0.1) is 11.8 Å². The minimum atomic E-state index is -0.0296. The van der Waals surface area contributed by atoms with Gasteiger partial charge in [-0.1, -0.05) is 0 Å². The fraction of sp³-hybridized carbons (Fsp3) is 0.500. The van der Waals surface area contributed by atoms with Gasteiger partial charge >= 0.3 is 0 Å². The third-order valence-electron chi connectivity index (χ3n) is 3.00. The minimum absolute atomic E-state index is 0.0296. The van der Waals surface area contributed by atoms with Crippen molar-refractivity contribution in [3.63, 3.8) is 0 Å². The SMILES string of the molecule is Nc1ncnc2c([C@H]3CC[C@@H](CCl)O3)[nH]nc12. The van der Waals surface area contributed by atoms with E-state index in [4.69, 9.17) is 22.1 Å². The van der Waals surface area contributed by atoms with Gasteiger partial charge in [-0.15, -0.1) is 11.6 Å². The van der Waals surface area contributed by atoms with Crippen molar-refractivity contribution in [2.24, 2.45) is 0 Å². The van der Waals surface area contributed by atoms with Crippen molar-refractivity contribution in [2.45, 2.75) is 25.0 Å². The Morgan fingerprint density at radius 2 is 2.29 bits per heavy atom. The molecule has 2 aromatic rings. The largest absolute Gasteiger partial charge is 0.382 e. The van der Waals surface area contributed by atoms with Gasteiger partial charge in [0.2, 0.25) is 0 Å². The van der Waals surface area contributed by atoms with Gasteiger partial charge in [0.15, 0.2) is 11.3 Å². The number of ether oxygens (including phenoxy) is 1. The molecule has 3 rings (SSSR count). The zero-order valence-corrected chi connectivity index (χ0v) is 9.81. The standard InChI is InChI=1S/C10H12ClN5O/c11-3-5-1-2-6(17-5)7-8-9(16-15-7)10(12)14-4-13-8/h4-6H,1-3H2,(H,15,16)(H2,12,13,14)/t5-,6+/m0/s1. The van der Waals surface area contributed by atoms with Crippen LogP contribution in [-0.4, -0.2) is 32.1 Å². The van der Waals surface area contributed by atoms with E-state index in [1.165, 1.54) is 6.33 Å². The van der Waals surface area contributed by atoms with E-state index in [9.17, 15) is 0 Å². The fourth-order valence-corrected chi connectivity index (χ4v) is 2.35. The molecule has 1 aliphatic rings. The predicted octanol–water partition coefficient (Wildman–Crippen LogP) is 1.39. The van der Waals surface area contributed by atoms with Crippen LogP contribution < -0.4 is 5.73 Å². The van der Waals surface area contributed by atoms with Gasteiger partial charge in [-0.25, -0.2) is 9.97 Å². The Kier molecular flexibility index (Phi) is 2.60. The molecule has 6 nitrogen and oxygen atoms in total. The van der Waals surface area contributed by atoms with E-state index < -0.39 is 0 Å². The molecule has 0 bridgehead atoms. The van der Waals surface area contributed by atoms with Crippen LogP contribution in [0.3, 0.4) is 0 Å². The first-order valence-electron chi connectivity index (χ1n) is 5.45. The molecule has 0 amide bonds. The van der Waals surface area contributed by atoms with E-state index in [1.54, 1.807) is 0 Å². The maximum atomic E-state index is 5.80. The van der Waals surface area contributed by atoms with Crippen LogP contribution in [0.1, 0.15) is 24.6 Å². The smallest absolute Gasteiger partial charge is 0.155 e. The number of nitrogens with two attached hydrogens (primary N) is 1. The normalized spacial score (nSPS) is 24.5. The number of aromatic nitrogens is 4. The number of anilines is 1. The molecule has 0 spiro atoms. The lowest BCUT2D eigenvalue weighted by Crippen LogP contribution is -2.08. The van der Waals surface area contributed by atoms with Gasteiger partial charge in [-0.2, -0.15) is 5.10 Å². The zero-order chi connectivity index (χ0) is 11.8. The summed E-state index contributed by atoms with van der Waals surface area (Å²) in [6.07, 6.45) is 3.38. The molecule has 7 heteroatoms. The van der Waals surface area contributed by atoms with Crippen LogP contribution in [0.2, 0.25) is 0 Å². The Hall–Kier alpha value is -1.40. The fourth-order valence-electron chi connectivity index (χ4n) is 2.12. The van der Waals surface area contributed by atoms with Crippen molar-refractivity contribution >= 4 is 28.5 Å². The molecule has 0 aromatic carbocycles. The Bertz CT molecular complexity index is 542. The Labute approximate surface area is 103 Å². The van der Waals surface area contributed by atoms with E-state index in [1.807, 2.05) is 0 Å². The Morgan fingerprint density at radius 3 is 3.06 bits per heavy atom. The molecule has 2 atom stereocenters. The first-order chi connectivity index (χ1) is 8.29. The number of alkyl halides is 1. The van der Waals surface area contributed by atoms with Gasteiger partial charge in [-0.3, -0.25) is 5.10 Å². The number of H-pyrrole nitrogens is 1. The molecule has 0 aliphatic carbocycles. The molecule has 0 radical (unpaired) electrons. The molecule has 1 aliphatic heterocycles. The summed E-state index contributed by atoms with van der Waals surface area (Å²) in [5.74, 6) is 0.893. The average molecular weight is 254 g/mol. The van der Waals surface area contributed by atoms with Crippen molar-refractivity contribution in [1.82, 2.24) is 20.2 Å². The Morgan fingerprint density at radius 1 is 1.41 bits per heavy atom. The highest BCUT2D eigenvalue weighted by Gasteiger charge is 2.29.